The number of fused-ring (bicyclic) bond motifs is 2. The Morgan fingerprint density at radius 2 is 1.96 bits per heavy atom. The number of amides is 1. The Bertz CT molecular complexity index is 526. The highest BCUT2D eigenvalue weighted by molar-refractivity contribution is 5.85. The van der Waals surface area contributed by atoms with E-state index in [1.165, 1.54) is 31.4 Å². The molecule has 2 atom stereocenters. The number of halogens is 2. The van der Waals surface area contributed by atoms with E-state index in [1.807, 2.05) is 6.07 Å². The van der Waals surface area contributed by atoms with Gasteiger partial charge in [0.05, 0.1) is 0 Å². The van der Waals surface area contributed by atoms with Crippen LogP contribution < -0.4 is 11.1 Å². The Morgan fingerprint density at radius 3 is 2.61 bits per heavy atom. The van der Waals surface area contributed by atoms with Gasteiger partial charge in [0.25, 0.3) is 0 Å². The number of benzene rings is 1. The van der Waals surface area contributed by atoms with Gasteiger partial charge in [0, 0.05) is 18.5 Å². The predicted molar refractivity (Wildman–Crippen MR) is 91.9 cm³/mol. The van der Waals surface area contributed by atoms with E-state index < -0.39 is 0 Å². The Labute approximate surface area is 143 Å². The number of hydrogen-bond donors (Lipinski definition) is 2. The van der Waals surface area contributed by atoms with Crippen LogP contribution in [-0.2, 0) is 11.2 Å². The molecular weight excluding hydrogens is 315 g/mol. The summed E-state index contributed by atoms with van der Waals surface area (Å²) in [6, 6.07) is 6.85. The Kier molecular flexibility index (Phi) is 6.42. The van der Waals surface area contributed by atoms with Crippen LogP contribution in [0.4, 0.5) is 4.39 Å². The minimum absolute atomic E-state index is 0. The first-order valence-electron chi connectivity index (χ1n) is 8.41. The van der Waals surface area contributed by atoms with Crippen LogP contribution >= 0.6 is 12.4 Å². The molecule has 0 heterocycles. The molecule has 2 unspecified atom stereocenters. The van der Waals surface area contributed by atoms with Crippen LogP contribution in [0, 0.1) is 23.6 Å². The van der Waals surface area contributed by atoms with Crippen LogP contribution in [0.5, 0.6) is 0 Å². The minimum Gasteiger partial charge on any atom is -0.356 e. The van der Waals surface area contributed by atoms with Gasteiger partial charge in [-0.15, -0.1) is 12.4 Å². The maximum atomic E-state index is 13.1. The fourth-order valence-electron chi connectivity index (χ4n) is 4.17. The first-order valence-corrected chi connectivity index (χ1v) is 8.41. The first-order chi connectivity index (χ1) is 10.6. The van der Waals surface area contributed by atoms with Crippen molar-refractivity contribution >= 4 is 18.3 Å². The summed E-state index contributed by atoms with van der Waals surface area (Å²) in [5.74, 6) is 1.08. The topological polar surface area (TPSA) is 55.1 Å². The summed E-state index contributed by atoms with van der Waals surface area (Å²) in [4.78, 5) is 12.4. The third kappa shape index (κ3) is 4.45. The molecule has 5 heteroatoms. The maximum Gasteiger partial charge on any atom is 0.223 e. The molecule has 3 rings (SSSR count). The lowest BCUT2D eigenvalue weighted by molar-refractivity contribution is -0.127. The van der Waals surface area contributed by atoms with E-state index in [-0.39, 0.29) is 30.0 Å². The Balaban J connectivity index is 0.00000192. The lowest BCUT2D eigenvalue weighted by Crippen LogP contribution is -2.49. The summed E-state index contributed by atoms with van der Waals surface area (Å²) in [6.45, 7) is 0.570. The zero-order valence-corrected chi connectivity index (χ0v) is 14.2. The van der Waals surface area contributed by atoms with Gasteiger partial charge in [-0.2, -0.15) is 0 Å². The van der Waals surface area contributed by atoms with Crippen molar-refractivity contribution in [3.05, 3.63) is 35.6 Å². The fourth-order valence-corrected chi connectivity index (χ4v) is 4.17. The van der Waals surface area contributed by atoms with Gasteiger partial charge in [-0.05, 0) is 61.6 Å². The molecular formula is C18H26ClFN2O. The average molecular weight is 341 g/mol. The molecule has 2 fully saturated rings. The number of carbonyl (C=O) groups excluding carboxylic acids is 1. The lowest BCUT2D eigenvalue weighted by atomic mass is 9.65. The van der Waals surface area contributed by atoms with E-state index in [1.54, 1.807) is 6.07 Å². The molecule has 3 N–H and O–H groups in total. The predicted octanol–water partition coefficient (Wildman–Crippen LogP) is 3.06. The van der Waals surface area contributed by atoms with Gasteiger partial charge in [-0.25, -0.2) is 4.39 Å². The molecule has 0 aliphatic heterocycles. The van der Waals surface area contributed by atoms with Crippen LogP contribution in [0.2, 0.25) is 0 Å². The van der Waals surface area contributed by atoms with Gasteiger partial charge < -0.3 is 11.1 Å². The van der Waals surface area contributed by atoms with Crippen molar-refractivity contribution in [1.82, 2.24) is 5.32 Å². The summed E-state index contributed by atoms with van der Waals surface area (Å²) in [5.41, 5.74) is 7.19. The first kappa shape index (κ1) is 18.2. The molecule has 2 saturated carbocycles. The molecule has 2 aliphatic carbocycles. The fraction of sp³-hybridized carbons (Fsp3) is 0.611. The average Bonchev–Trinajstić information content (AvgIpc) is 2.47. The minimum atomic E-state index is -0.224. The SMILES string of the molecule is Cl.NC1C2CCCC1CC(C(=O)NCCc1cccc(F)c1)C2. The van der Waals surface area contributed by atoms with Gasteiger partial charge in [-0.1, -0.05) is 18.6 Å². The smallest absolute Gasteiger partial charge is 0.223 e. The van der Waals surface area contributed by atoms with Crippen molar-refractivity contribution < 1.29 is 9.18 Å². The Hall–Kier alpha value is -1.13. The van der Waals surface area contributed by atoms with Gasteiger partial charge in [-0.3, -0.25) is 4.79 Å². The van der Waals surface area contributed by atoms with E-state index >= 15 is 0 Å². The van der Waals surface area contributed by atoms with Crippen LogP contribution in [0.15, 0.2) is 24.3 Å². The molecule has 0 aromatic heterocycles. The molecule has 0 saturated heterocycles. The molecule has 3 nitrogen and oxygen atoms in total. The molecule has 128 valence electrons. The van der Waals surface area contributed by atoms with E-state index in [2.05, 4.69) is 5.32 Å². The monoisotopic (exact) mass is 340 g/mol. The standard InChI is InChI=1S/C18H25FN2O.ClH/c19-16-6-1-3-12(9-16)7-8-21-18(22)15-10-13-4-2-5-14(11-15)17(13)20;/h1,3,6,9,13-15,17H,2,4-5,7-8,10-11,20H2,(H,21,22);1H. The summed E-state index contributed by atoms with van der Waals surface area (Å²) >= 11 is 0. The van der Waals surface area contributed by atoms with Crippen molar-refractivity contribution in [3.63, 3.8) is 0 Å². The number of hydrogen-bond acceptors (Lipinski definition) is 2. The Morgan fingerprint density at radius 1 is 1.26 bits per heavy atom. The third-order valence-electron chi connectivity index (χ3n) is 5.39. The molecule has 2 aliphatic rings. The second-order valence-electron chi connectivity index (χ2n) is 6.87. The zero-order chi connectivity index (χ0) is 15.5. The normalized spacial score (nSPS) is 29.5. The number of nitrogens with two attached hydrogens (primary N) is 1. The van der Waals surface area contributed by atoms with Crippen LogP contribution in [0.1, 0.15) is 37.7 Å². The molecule has 1 aromatic rings. The van der Waals surface area contributed by atoms with Crippen molar-refractivity contribution in [2.45, 2.75) is 44.6 Å². The molecule has 2 bridgehead atoms. The highest BCUT2D eigenvalue weighted by Gasteiger charge is 2.40. The molecule has 23 heavy (non-hydrogen) atoms. The quantitative estimate of drug-likeness (QED) is 0.885. The molecule has 1 aromatic carbocycles. The highest BCUT2D eigenvalue weighted by atomic mass is 35.5. The van der Waals surface area contributed by atoms with Gasteiger partial charge in [0.1, 0.15) is 5.82 Å². The van der Waals surface area contributed by atoms with E-state index in [0.29, 0.717) is 30.8 Å². The summed E-state index contributed by atoms with van der Waals surface area (Å²) in [6.07, 6.45) is 6.14. The van der Waals surface area contributed by atoms with Crippen molar-refractivity contribution in [2.24, 2.45) is 23.5 Å². The summed E-state index contributed by atoms with van der Waals surface area (Å²) in [5, 5.41) is 3.02. The van der Waals surface area contributed by atoms with Crippen molar-refractivity contribution in [2.75, 3.05) is 6.54 Å². The van der Waals surface area contributed by atoms with Crippen molar-refractivity contribution in [3.8, 4) is 0 Å². The molecule has 1 amide bonds. The summed E-state index contributed by atoms with van der Waals surface area (Å²) in [7, 11) is 0. The van der Waals surface area contributed by atoms with Crippen molar-refractivity contribution in [1.29, 1.82) is 0 Å². The number of carbonyl (C=O) groups is 1. The maximum absolute atomic E-state index is 13.1. The van der Waals surface area contributed by atoms with E-state index in [4.69, 9.17) is 5.73 Å². The van der Waals surface area contributed by atoms with Gasteiger partial charge in [0.15, 0.2) is 0 Å². The summed E-state index contributed by atoms with van der Waals surface area (Å²) < 4.78 is 13.1. The van der Waals surface area contributed by atoms with Gasteiger partial charge in [0.2, 0.25) is 5.91 Å². The van der Waals surface area contributed by atoms with E-state index in [0.717, 1.165) is 18.4 Å². The third-order valence-corrected chi connectivity index (χ3v) is 5.39. The highest BCUT2D eigenvalue weighted by Crippen LogP contribution is 2.41. The van der Waals surface area contributed by atoms with Gasteiger partial charge >= 0.3 is 0 Å². The van der Waals surface area contributed by atoms with Crippen LogP contribution in [-0.4, -0.2) is 18.5 Å². The van der Waals surface area contributed by atoms with Crippen LogP contribution in [0.25, 0.3) is 0 Å². The van der Waals surface area contributed by atoms with Crippen LogP contribution in [0.3, 0.4) is 0 Å². The second kappa shape index (κ2) is 8.11. The van der Waals surface area contributed by atoms with E-state index in [9.17, 15) is 9.18 Å². The number of nitrogens with one attached hydrogen (secondary N) is 1. The largest absolute Gasteiger partial charge is 0.356 e. The zero-order valence-electron chi connectivity index (χ0n) is 13.3. The lowest BCUT2D eigenvalue weighted by Gasteiger charge is -2.43. The number of rotatable bonds is 4. The molecule has 0 spiro atoms. The molecule has 0 radical (unpaired) electrons. The second-order valence-corrected chi connectivity index (χ2v) is 6.87.